The molecular weight excluding hydrogens is 373 g/mol. The Kier molecular flexibility index (Phi) is 6.30. The van der Waals surface area contributed by atoms with Crippen LogP contribution in [0.2, 0.25) is 10.0 Å². The number of nitrogens with two attached hydrogens (primary N) is 1. The summed E-state index contributed by atoms with van der Waals surface area (Å²) < 4.78 is 11.3. The Hall–Kier alpha value is -1.46. The third-order valence-electron chi connectivity index (χ3n) is 4.79. The number of rotatable bonds is 7. The molecule has 0 amide bonds. The maximum Gasteiger partial charge on any atom is 0.156 e. The Morgan fingerprint density at radius 2 is 1.73 bits per heavy atom. The van der Waals surface area contributed by atoms with Crippen molar-refractivity contribution in [2.24, 2.45) is 5.73 Å². The lowest BCUT2D eigenvalue weighted by Crippen LogP contribution is -2.40. The second-order valence-corrected chi connectivity index (χ2v) is 7.60. The van der Waals surface area contributed by atoms with Crippen LogP contribution in [0.3, 0.4) is 0 Å². The number of benzene rings is 2. The number of aliphatic hydroxyl groups excluding tert-OH is 1. The standard InChI is InChI=1S/C20H23Cl2NO3/c21-17-10-15(14-6-7-20(23,12-14)13-24)11-18(22)19(17)26-9-8-25-16-4-2-1-3-5-16/h1-5,10-11,14,24H,6-9,12-13,23H2/t14-,20-/m1/s1. The molecule has 0 radical (unpaired) electrons. The second-order valence-electron chi connectivity index (χ2n) is 6.78. The van der Waals surface area contributed by atoms with Gasteiger partial charge in [-0.05, 0) is 55.0 Å². The van der Waals surface area contributed by atoms with E-state index in [1.807, 2.05) is 42.5 Å². The van der Waals surface area contributed by atoms with Gasteiger partial charge in [0.05, 0.1) is 16.7 Å². The van der Waals surface area contributed by atoms with E-state index in [0.29, 0.717) is 29.0 Å². The molecule has 0 heterocycles. The normalized spacial score (nSPS) is 22.4. The quantitative estimate of drug-likeness (QED) is 0.681. The highest BCUT2D eigenvalue weighted by atomic mass is 35.5. The van der Waals surface area contributed by atoms with Crippen LogP contribution in [-0.2, 0) is 0 Å². The molecule has 0 aliphatic heterocycles. The van der Waals surface area contributed by atoms with Gasteiger partial charge in [0.25, 0.3) is 0 Å². The molecule has 3 N–H and O–H groups in total. The number of hydrogen-bond donors (Lipinski definition) is 2. The van der Waals surface area contributed by atoms with Crippen molar-refractivity contribution in [2.45, 2.75) is 30.7 Å². The summed E-state index contributed by atoms with van der Waals surface area (Å²) in [7, 11) is 0. The largest absolute Gasteiger partial charge is 0.490 e. The lowest BCUT2D eigenvalue weighted by molar-refractivity contribution is 0.198. The van der Waals surface area contributed by atoms with Crippen LogP contribution < -0.4 is 15.2 Å². The van der Waals surface area contributed by atoms with Crippen molar-refractivity contribution in [1.29, 1.82) is 0 Å². The Morgan fingerprint density at radius 1 is 1.08 bits per heavy atom. The average Bonchev–Trinajstić information content (AvgIpc) is 3.04. The van der Waals surface area contributed by atoms with E-state index in [4.69, 9.17) is 38.4 Å². The molecule has 0 bridgehead atoms. The highest BCUT2D eigenvalue weighted by Crippen LogP contribution is 2.43. The van der Waals surface area contributed by atoms with E-state index >= 15 is 0 Å². The molecule has 2 atom stereocenters. The predicted molar refractivity (Wildman–Crippen MR) is 104 cm³/mol. The molecule has 1 aliphatic rings. The van der Waals surface area contributed by atoms with E-state index < -0.39 is 5.54 Å². The van der Waals surface area contributed by atoms with Gasteiger partial charge in [0.2, 0.25) is 0 Å². The summed E-state index contributed by atoms with van der Waals surface area (Å²) in [6, 6.07) is 13.3. The third-order valence-corrected chi connectivity index (χ3v) is 5.35. The number of hydrogen-bond acceptors (Lipinski definition) is 4. The number of ether oxygens (including phenoxy) is 2. The summed E-state index contributed by atoms with van der Waals surface area (Å²) in [5, 5.41) is 10.4. The fourth-order valence-corrected chi connectivity index (χ4v) is 3.97. The first-order chi connectivity index (χ1) is 12.5. The van der Waals surface area contributed by atoms with Crippen molar-refractivity contribution >= 4 is 23.2 Å². The van der Waals surface area contributed by atoms with Crippen molar-refractivity contribution in [2.75, 3.05) is 19.8 Å². The fraction of sp³-hybridized carbons (Fsp3) is 0.400. The smallest absolute Gasteiger partial charge is 0.156 e. The minimum Gasteiger partial charge on any atom is -0.490 e. The van der Waals surface area contributed by atoms with Gasteiger partial charge in [-0.1, -0.05) is 41.4 Å². The van der Waals surface area contributed by atoms with Gasteiger partial charge in [-0.3, -0.25) is 0 Å². The average molecular weight is 396 g/mol. The highest BCUT2D eigenvalue weighted by molar-refractivity contribution is 6.37. The molecule has 0 saturated heterocycles. The molecule has 2 aromatic carbocycles. The van der Waals surface area contributed by atoms with E-state index in [0.717, 1.165) is 30.6 Å². The number of para-hydroxylation sites is 1. The summed E-state index contributed by atoms with van der Waals surface area (Å²) >= 11 is 12.8. The minimum atomic E-state index is -0.506. The van der Waals surface area contributed by atoms with Crippen LogP contribution in [0.1, 0.15) is 30.7 Å². The number of aliphatic hydroxyl groups is 1. The third kappa shape index (κ3) is 4.63. The van der Waals surface area contributed by atoms with E-state index in [1.165, 1.54) is 0 Å². The molecule has 0 spiro atoms. The molecule has 2 aromatic rings. The molecular formula is C20H23Cl2NO3. The van der Waals surface area contributed by atoms with E-state index in [2.05, 4.69) is 0 Å². The molecule has 4 nitrogen and oxygen atoms in total. The van der Waals surface area contributed by atoms with Gasteiger partial charge in [-0.25, -0.2) is 0 Å². The maximum atomic E-state index is 9.44. The summed E-state index contributed by atoms with van der Waals surface area (Å²) in [6.45, 7) is 0.731. The molecule has 26 heavy (non-hydrogen) atoms. The highest BCUT2D eigenvalue weighted by Gasteiger charge is 2.36. The molecule has 6 heteroatoms. The van der Waals surface area contributed by atoms with E-state index in [-0.39, 0.29) is 12.5 Å². The lowest BCUT2D eigenvalue weighted by atomic mass is 9.93. The first-order valence-corrected chi connectivity index (χ1v) is 9.46. The molecule has 0 aromatic heterocycles. The van der Waals surface area contributed by atoms with Gasteiger partial charge in [0.1, 0.15) is 19.0 Å². The molecule has 1 aliphatic carbocycles. The summed E-state index contributed by atoms with van der Waals surface area (Å²) in [5.41, 5.74) is 6.70. The monoisotopic (exact) mass is 395 g/mol. The van der Waals surface area contributed by atoms with Crippen molar-refractivity contribution in [1.82, 2.24) is 0 Å². The zero-order valence-corrected chi connectivity index (χ0v) is 16.0. The summed E-state index contributed by atoms with van der Waals surface area (Å²) in [4.78, 5) is 0. The minimum absolute atomic E-state index is 0.00638. The Bertz CT molecular complexity index is 718. The zero-order valence-electron chi connectivity index (χ0n) is 14.5. The molecule has 3 rings (SSSR count). The maximum absolute atomic E-state index is 9.44. The molecule has 1 fully saturated rings. The first kappa shape index (κ1) is 19.3. The summed E-state index contributed by atoms with van der Waals surface area (Å²) in [5.74, 6) is 1.50. The van der Waals surface area contributed by atoms with Crippen molar-refractivity contribution in [3.8, 4) is 11.5 Å². The Balaban J connectivity index is 1.59. The number of halogens is 2. The van der Waals surface area contributed by atoms with Crippen molar-refractivity contribution in [3.63, 3.8) is 0 Å². The second kappa shape index (κ2) is 8.49. The van der Waals surface area contributed by atoms with Gasteiger partial charge in [-0.15, -0.1) is 0 Å². The van der Waals surface area contributed by atoms with Crippen LogP contribution in [0, 0.1) is 0 Å². The predicted octanol–water partition coefficient (Wildman–Crippen LogP) is 4.41. The van der Waals surface area contributed by atoms with Crippen LogP contribution in [0.25, 0.3) is 0 Å². The van der Waals surface area contributed by atoms with Gasteiger partial charge in [-0.2, -0.15) is 0 Å². The van der Waals surface area contributed by atoms with Crippen LogP contribution >= 0.6 is 23.2 Å². The first-order valence-electron chi connectivity index (χ1n) is 8.70. The zero-order chi connectivity index (χ0) is 18.6. The van der Waals surface area contributed by atoms with Gasteiger partial charge < -0.3 is 20.3 Å². The molecule has 1 saturated carbocycles. The van der Waals surface area contributed by atoms with E-state index in [9.17, 15) is 5.11 Å². The van der Waals surface area contributed by atoms with Gasteiger partial charge >= 0.3 is 0 Å². The van der Waals surface area contributed by atoms with Crippen molar-refractivity contribution in [3.05, 3.63) is 58.1 Å². The van der Waals surface area contributed by atoms with Gasteiger partial charge in [0.15, 0.2) is 5.75 Å². The topological polar surface area (TPSA) is 64.7 Å². The molecule has 140 valence electrons. The van der Waals surface area contributed by atoms with Crippen molar-refractivity contribution < 1.29 is 14.6 Å². The van der Waals surface area contributed by atoms with Crippen LogP contribution in [0.5, 0.6) is 11.5 Å². The van der Waals surface area contributed by atoms with Crippen LogP contribution in [0.4, 0.5) is 0 Å². The van der Waals surface area contributed by atoms with E-state index in [1.54, 1.807) is 0 Å². The summed E-state index contributed by atoms with van der Waals surface area (Å²) in [6.07, 6.45) is 2.43. The Labute approximate surface area is 163 Å². The SMILES string of the molecule is N[C@]1(CO)CC[C@@H](c2cc(Cl)c(OCCOc3ccccc3)c(Cl)c2)C1. The van der Waals surface area contributed by atoms with Crippen LogP contribution in [-0.4, -0.2) is 30.5 Å². The van der Waals surface area contributed by atoms with Gasteiger partial charge in [0, 0.05) is 5.54 Å². The van der Waals surface area contributed by atoms with Crippen LogP contribution in [0.15, 0.2) is 42.5 Å². The fourth-order valence-electron chi connectivity index (χ4n) is 3.36. The Morgan fingerprint density at radius 3 is 2.35 bits per heavy atom. The molecule has 0 unspecified atom stereocenters. The lowest BCUT2D eigenvalue weighted by Gasteiger charge is -2.21.